The van der Waals surface area contributed by atoms with E-state index in [0.717, 1.165) is 11.0 Å². The molecule has 0 radical (unpaired) electrons. The van der Waals surface area contributed by atoms with Crippen LogP contribution < -0.4 is 5.73 Å². The number of halogens is 2. The SMILES string of the molecule is Nc1c(Cl)cc(-c2nc(CSC3CCCC3)no2)cc1Cl. The molecule has 1 fully saturated rings. The third kappa shape index (κ3) is 3.47. The van der Waals surface area contributed by atoms with Crippen LogP contribution in [0.4, 0.5) is 5.69 Å². The van der Waals surface area contributed by atoms with E-state index in [4.69, 9.17) is 33.5 Å². The van der Waals surface area contributed by atoms with Gasteiger partial charge in [-0.15, -0.1) is 0 Å². The largest absolute Gasteiger partial charge is 0.396 e. The molecule has 1 aliphatic carbocycles. The second kappa shape index (κ2) is 6.46. The normalized spacial score (nSPS) is 15.7. The molecule has 4 nitrogen and oxygen atoms in total. The molecule has 2 N–H and O–H groups in total. The van der Waals surface area contributed by atoms with E-state index in [1.165, 1.54) is 25.7 Å². The molecule has 1 heterocycles. The molecule has 112 valence electrons. The summed E-state index contributed by atoms with van der Waals surface area (Å²) in [6, 6.07) is 3.37. The quantitative estimate of drug-likeness (QED) is 0.807. The van der Waals surface area contributed by atoms with Crippen LogP contribution in [0.1, 0.15) is 31.5 Å². The summed E-state index contributed by atoms with van der Waals surface area (Å²) < 4.78 is 5.28. The lowest BCUT2D eigenvalue weighted by atomic mass is 10.2. The van der Waals surface area contributed by atoms with Gasteiger partial charge in [0.25, 0.3) is 5.89 Å². The number of nitrogen functional groups attached to an aromatic ring is 1. The molecule has 7 heteroatoms. The van der Waals surface area contributed by atoms with Crippen molar-refractivity contribution in [2.45, 2.75) is 36.7 Å². The van der Waals surface area contributed by atoms with Crippen LogP contribution in [0.5, 0.6) is 0 Å². The van der Waals surface area contributed by atoms with Gasteiger partial charge < -0.3 is 10.3 Å². The molecule has 2 aromatic rings. The minimum atomic E-state index is 0.360. The summed E-state index contributed by atoms with van der Waals surface area (Å²) >= 11 is 13.9. The van der Waals surface area contributed by atoms with Gasteiger partial charge in [-0.05, 0) is 25.0 Å². The highest BCUT2D eigenvalue weighted by atomic mass is 35.5. The van der Waals surface area contributed by atoms with Crippen LogP contribution in [-0.2, 0) is 5.75 Å². The van der Waals surface area contributed by atoms with Gasteiger partial charge in [0.2, 0.25) is 0 Å². The molecule has 0 atom stereocenters. The average molecular weight is 344 g/mol. The molecule has 0 amide bonds. The molecule has 0 saturated heterocycles. The zero-order valence-corrected chi connectivity index (χ0v) is 13.6. The van der Waals surface area contributed by atoms with Crippen LogP contribution in [0.15, 0.2) is 16.7 Å². The Bertz CT molecular complexity index is 618. The number of rotatable bonds is 4. The first-order chi connectivity index (χ1) is 10.1. The zero-order chi connectivity index (χ0) is 14.8. The van der Waals surface area contributed by atoms with Gasteiger partial charge in [-0.1, -0.05) is 41.2 Å². The van der Waals surface area contributed by atoms with Gasteiger partial charge in [-0.25, -0.2) is 0 Å². The van der Waals surface area contributed by atoms with Crippen LogP contribution in [0, 0.1) is 0 Å². The number of thioether (sulfide) groups is 1. The van der Waals surface area contributed by atoms with Crippen molar-refractivity contribution in [2.75, 3.05) is 5.73 Å². The standard InChI is InChI=1S/C14H15Cl2N3OS/c15-10-5-8(6-11(16)13(10)17)14-18-12(19-20-14)7-21-9-3-1-2-4-9/h5-6,9H,1-4,7,17H2. The second-order valence-corrected chi connectivity index (χ2v) is 7.19. The van der Waals surface area contributed by atoms with Crippen LogP contribution >= 0.6 is 35.0 Å². The molecule has 3 rings (SSSR count). The number of aromatic nitrogens is 2. The first-order valence-electron chi connectivity index (χ1n) is 6.82. The first kappa shape index (κ1) is 15.0. The monoisotopic (exact) mass is 343 g/mol. The topological polar surface area (TPSA) is 64.9 Å². The minimum Gasteiger partial charge on any atom is -0.396 e. The molecule has 1 saturated carbocycles. The Morgan fingerprint density at radius 3 is 2.57 bits per heavy atom. The summed E-state index contributed by atoms with van der Waals surface area (Å²) in [6.07, 6.45) is 5.24. The number of nitrogens with zero attached hydrogens (tertiary/aromatic N) is 2. The minimum absolute atomic E-state index is 0.360. The lowest BCUT2D eigenvalue weighted by Crippen LogP contribution is -1.95. The maximum absolute atomic E-state index is 6.02. The Morgan fingerprint density at radius 2 is 1.90 bits per heavy atom. The number of anilines is 1. The third-order valence-corrected chi connectivity index (χ3v) is 5.54. The van der Waals surface area contributed by atoms with Gasteiger partial charge in [-0.3, -0.25) is 0 Å². The van der Waals surface area contributed by atoms with Crippen LogP contribution in [-0.4, -0.2) is 15.4 Å². The van der Waals surface area contributed by atoms with Crippen LogP contribution in [0.3, 0.4) is 0 Å². The van der Waals surface area contributed by atoms with E-state index >= 15 is 0 Å². The molecule has 1 aromatic carbocycles. The molecule has 0 unspecified atom stereocenters. The van der Waals surface area contributed by atoms with Crippen molar-refractivity contribution in [1.82, 2.24) is 10.1 Å². The van der Waals surface area contributed by atoms with Crippen molar-refractivity contribution in [3.63, 3.8) is 0 Å². The predicted octanol–water partition coefficient (Wildman–Crippen LogP) is 4.80. The Labute approximate surface area is 137 Å². The Balaban J connectivity index is 1.72. The summed E-state index contributed by atoms with van der Waals surface area (Å²) in [5.74, 6) is 1.89. The highest BCUT2D eigenvalue weighted by Gasteiger charge is 2.17. The Kier molecular flexibility index (Phi) is 4.62. The Morgan fingerprint density at radius 1 is 1.24 bits per heavy atom. The summed E-state index contributed by atoms with van der Waals surface area (Å²) in [5, 5.41) is 5.51. The van der Waals surface area contributed by atoms with E-state index < -0.39 is 0 Å². The third-order valence-electron chi connectivity index (χ3n) is 3.54. The molecule has 1 aliphatic rings. The van der Waals surface area contributed by atoms with Gasteiger partial charge in [-0.2, -0.15) is 16.7 Å². The van der Waals surface area contributed by atoms with Crippen molar-refractivity contribution >= 4 is 40.7 Å². The fourth-order valence-corrected chi connectivity index (χ4v) is 4.04. The lowest BCUT2D eigenvalue weighted by molar-refractivity contribution is 0.425. The molecular formula is C14H15Cl2N3OS. The van der Waals surface area contributed by atoms with E-state index in [1.807, 2.05) is 11.8 Å². The van der Waals surface area contributed by atoms with Gasteiger partial charge in [0.1, 0.15) is 0 Å². The van der Waals surface area contributed by atoms with Crippen molar-refractivity contribution < 1.29 is 4.52 Å². The molecule has 0 spiro atoms. The number of nitrogens with two attached hydrogens (primary N) is 1. The molecule has 21 heavy (non-hydrogen) atoms. The van der Waals surface area contributed by atoms with Crippen LogP contribution in [0.2, 0.25) is 10.0 Å². The number of hydrogen-bond acceptors (Lipinski definition) is 5. The van der Waals surface area contributed by atoms with Gasteiger partial charge in [0, 0.05) is 10.8 Å². The van der Waals surface area contributed by atoms with Crippen molar-refractivity contribution in [3.8, 4) is 11.5 Å². The van der Waals surface area contributed by atoms with Gasteiger partial charge in [0.15, 0.2) is 5.82 Å². The summed E-state index contributed by atoms with van der Waals surface area (Å²) in [6.45, 7) is 0. The van der Waals surface area contributed by atoms with E-state index in [-0.39, 0.29) is 0 Å². The van der Waals surface area contributed by atoms with Crippen molar-refractivity contribution in [3.05, 3.63) is 28.0 Å². The fraction of sp³-hybridized carbons (Fsp3) is 0.429. The Hall–Kier alpha value is -0.910. The first-order valence-corrected chi connectivity index (χ1v) is 8.63. The highest BCUT2D eigenvalue weighted by Crippen LogP contribution is 2.34. The lowest BCUT2D eigenvalue weighted by Gasteiger charge is -2.05. The van der Waals surface area contributed by atoms with Gasteiger partial charge in [0.05, 0.1) is 21.5 Å². The zero-order valence-electron chi connectivity index (χ0n) is 11.3. The van der Waals surface area contributed by atoms with Crippen molar-refractivity contribution in [2.24, 2.45) is 0 Å². The maximum atomic E-state index is 6.02. The van der Waals surface area contributed by atoms with E-state index in [1.54, 1.807) is 12.1 Å². The summed E-state index contributed by atoms with van der Waals surface area (Å²) in [5.41, 5.74) is 6.76. The molecule has 0 aliphatic heterocycles. The smallest absolute Gasteiger partial charge is 0.258 e. The van der Waals surface area contributed by atoms with E-state index in [9.17, 15) is 0 Å². The maximum Gasteiger partial charge on any atom is 0.258 e. The molecule has 1 aromatic heterocycles. The fourth-order valence-electron chi connectivity index (χ4n) is 2.39. The van der Waals surface area contributed by atoms with E-state index in [2.05, 4.69) is 10.1 Å². The average Bonchev–Trinajstić information content (AvgIpc) is 3.13. The second-order valence-electron chi connectivity index (χ2n) is 5.09. The van der Waals surface area contributed by atoms with Gasteiger partial charge >= 0.3 is 0 Å². The van der Waals surface area contributed by atoms with E-state index in [0.29, 0.717) is 33.0 Å². The highest BCUT2D eigenvalue weighted by molar-refractivity contribution is 7.99. The number of hydrogen-bond donors (Lipinski definition) is 1. The molecule has 0 bridgehead atoms. The van der Waals surface area contributed by atoms with Crippen LogP contribution in [0.25, 0.3) is 11.5 Å². The summed E-state index contributed by atoms with van der Waals surface area (Å²) in [4.78, 5) is 4.40. The number of benzene rings is 1. The van der Waals surface area contributed by atoms with Crippen molar-refractivity contribution in [1.29, 1.82) is 0 Å². The predicted molar refractivity (Wildman–Crippen MR) is 87.7 cm³/mol. The summed E-state index contributed by atoms with van der Waals surface area (Å²) in [7, 11) is 0. The molecular weight excluding hydrogens is 329 g/mol.